The summed E-state index contributed by atoms with van der Waals surface area (Å²) in [5.41, 5.74) is 7.84. The van der Waals surface area contributed by atoms with Gasteiger partial charge in [-0.25, -0.2) is 4.39 Å². The van der Waals surface area contributed by atoms with Crippen molar-refractivity contribution in [3.8, 4) is 11.5 Å². The number of halogens is 2. The van der Waals surface area contributed by atoms with Crippen LogP contribution >= 0.6 is 15.9 Å². The third-order valence-electron chi connectivity index (χ3n) is 5.17. The molecule has 0 radical (unpaired) electrons. The van der Waals surface area contributed by atoms with Gasteiger partial charge in [-0.05, 0) is 48.4 Å². The van der Waals surface area contributed by atoms with Crippen LogP contribution in [0.2, 0.25) is 0 Å². The summed E-state index contributed by atoms with van der Waals surface area (Å²) in [7, 11) is 0. The number of hydrogen-bond donors (Lipinski definition) is 1. The summed E-state index contributed by atoms with van der Waals surface area (Å²) < 4.78 is 27.7. The van der Waals surface area contributed by atoms with Gasteiger partial charge in [-0.2, -0.15) is 0 Å². The zero-order valence-corrected chi connectivity index (χ0v) is 18.2. The number of carbonyl (C=O) groups is 2. The number of benzene rings is 3. The molecule has 0 aromatic heterocycles. The van der Waals surface area contributed by atoms with Gasteiger partial charge < -0.3 is 15.2 Å². The van der Waals surface area contributed by atoms with Crippen molar-refractivity contribution >= 4 is 27.6 Å². The largest absolute Gasteiger partial charge is 0.492 e. The van der Waals surface area contributed by atoms with Gasteiger partial charge in [0.05, 0.1) is 12.2 Å². The molecule has 7 heteroatoms. The van der Waals surface area contributed by atoms with Crippen LogP contribution in [0, 0.1) is 12.7 Å². The van der Waals surface area contributed by atoms with Gasteiger partial charge in [0.15, 0.2) is 17.3 Å². The number of primary amides is 1. The van der Waals surface area contributed by atoms with Gasteiger partial charge in [0.1, 0.15) is 11.9 Å². The van der Waals surface area contributed by atoms with E-state index in [1.165, 1.54) is 6.07 Å². The standard InChI is InChI=1S/C24H19BrFNO4/c1-13-21-18(20(28)9-10-30-21)12-19(26)22(13)31-23(16-3-2-4-17(25)11-16)14-5-7-15(8-6-14)24(27)29/h2-8,11-12,23H,9-10H2,1H3,(H2,27,29). The molecule has 158 valence electrons. The van der Waals surface area contributed by atoms with Crippen LogP contribution in [-0.2, 0) is 0 Å². The van der Waals surface area contributed by atoms with Gasteiger partial charge in [0.2, 0.25) is 5.91 Å². The average molecular weight is 484 g/mol. The lowest BCUT2D eigenvalue weighted by atomic mass is 9.98. The second-order valence-corrected chi connectivity index (χ2v) is 8.17. The molecular weight excluding hydrogens is 465 g/mol. The van der Waals surface area contributed by atoms with Gasteiger partial charge in [-0.3, -0.25) is 9.59 Å². The number of nitrogens with two attached hydrogens (primary N) is 1. The van der Waals surface area contributed by atoms with E-state index in [0.717, 1.165) is 10.0 Å². The first-order valence-corrected chi connectivity index (χ1v) is 10.5. The van der Waals surface area contributed by atoms with Gasteiger partial charge in [0.25, 0.3) is 0 Å². The molecule has 1 amide bonds. The molecule has 31 heavy (non-hydrogen) atoms. The molecule has 1 aliphatic rings. The number of amides is 1. The van der Waals surface area contributed by atoms with Gasteiger partial charge in [-0.15, -0.1) is 0 Å². The molecule has 3 aromatic rings. The van der Waals surface area contributed by atoms with Crippen LogP contribution in [0.5, 0.6) is 11.5 Å². The summed E-state index contributed by atoms with van der Waals surface area (Å²) in [6.07, 6.45) is -0.455. The zero-order chi connectivity index (χ0) is 22.1. The second-order valence-electron chi connectivity index (χ2n) is 7.25. The molecule has 1 heterocycles. The first kappa shape index (κ1) is 21.1. The fourth-order valence-electron chi connectivity index (χ4n) is 3.60. The Labute approximate surface area is 187 Å². The summed E-state index contributed by atoms with van der Waals surface area (Å²) in [5, 5.41) is 0. The fourth-order valence-corrected chi connectivity index (χ4v) is 4.02. The molecule has 0 aliphatic carbocycles. The molecule has 0 saturated carbocycles. The van der Waals surface area contributed by atoms with Crippen molar-refractivity contribution in [3.05, 3.63) is 92.7 Å². The van der Waals surface area contributed by atoms with Crippen molar-refractivity contribution in [2.24, 2.45) is 5.73 Å². The smallest absolute Gasteiger partial charge is 0.248 e. The maximum absolute atomic E-state index is 15.0. The number of Topliss-reactive ketones (excluding diaryl/α,β-unsaturated/α-hetero) is 1. The summed E-state index contributed by atoms with van der Waals surface area (Å²) in [6, 6.07) is 15.3. The van der Waals surface area contributed by atoms with Crippen LogP contribution in [0.3, 0.4) is 0 Å². The number of ketones is 1. The number of fused-ring (bicyclic) bond motifs is 1. The van der Waals surface area contributed by atoms with Crippen LogP contribution < -0.4 is 15.2 Å². The normalized spacial score (nSPS) is 13.8. The highest BCUT2D eigenvalue weighted by Crippen LogP contribution is 2.40. The van der Waals surface area contributed by atoms with E-state index in [1.54, 1.807) is 31.2 Å². The van der Waals surface area contributed by atoms with Crippen molar-refractivity contribution in [1.29, 1.82) is 0 Å². The topological polar surface area (TPSA) is 78.6 Å². The number of hydrogen-bond acceptors (Lipinski definition) is 4. The van der Waals surface area contributed by atoms with Crippen LogP contribution in [0.15, 0.2) is 59.1 Å². The SMILES string of the molecule is Cc1c(OC(c2ccc(C(N)=O)cc2)c2cccc(Br)c2)c(F)cc2c1OCCC2=O. The Kier molecular flexibility index (Phi) is 5.78. The van der Waals surface area contributed by atoms with Crippen LogP contribution in [0.4, 0.5) is 4.39 Å². The summed E-state index contributed by atoms with van der Waals surface area (Å²) in [5.74, 6) is -0.962. The fraction of sp³-hybridized carbons (Fsp3) is 0.167. The third-order valence-corrected chi connectivity index (χ3v) is 5.67. The Bertz CT molecular complexity index is 1180. The summed E-state index contributed by atoms with van der Waals surface area (Å²) in [4.78, 5) is 23.6. The van der Waals surface area contributed by atoms with Crippen LogP contribution in [-0.4, -0.2) is 18.3 Å². The molecule has 0 fully saturated rings. The molecular formula is C24H19BrFNO4. The maximum atomic E-state index is 15.0. The second kappa shape index (κ2) is 8.51. The molecule has 5 nitrogen and oxygen atoms in total. The Morgan fingerprint density at radius 3 is 2.58 bits per heavy atom. The van der Waals surface area contributed by atoms with E-state index in [9.17, 15) is 9.59 Å². The van der Waals surface area contributed by atoms with E-state index < -0.39 is 17.8 Å². The maximum Gasteiger partial charge on any atom is 0.248 e. The van der Waals surface area contributed by atoms with Gasteiger partial charge in [0, 0.05) is 22.0 Å². The van der Waals surface area contributed by atoms with E-state index in [2.05, 4.69) is 15.9 Å². The van der Waals surface area contributed by atoms with Crippen molar-refractivity contribution in [2.45, 2.75) is 19.4 Å². The van der Waals surface area contributed by atoms with E-state index >= 15 is 4.39 Å². The van der Waals surface area contributed by atoms with Crippen LogP contribution in [0.25, 0.3) is 0 Å². The molecule has 1 aliphatic heterocycles. The quantitative estimate of drug-likeness (QED) is 0.545. The van der Waals surface area contributed by atoms with Crippen LogP contribution in [0.1, 0.15) is 49.9 Å². The zero-order valence-electron chi connectivity index (χ0n) is 16.7. The predicted molar refractivity (Wildman–Crippen MR) is 117 cm³/mol. The van der Waals surface area contributed by atoms with Crippen molar-refractivity contribution in [3.63, 3.8) is 0 Å². The average Bonchev–Trinajstić information content (AvgIpc) is 2.75. The Balaban J connectivity index is 1.80. The van der Waals surface area contributed by atoms with E-state index in [1.807, 2.05) is 24.3 Å². The minimum absolute atomic E-state index is 0.0115. The van der Waals surface area contributed by atoms with Crippen molar-refractivity contribution in [1.82, 2.24) is 0 Å². The first-order valence-electron chi connectivity index (χ1n) is 9.66. The Morgan fingerprint density at radius 2 is 1.90 bits per heavy atom. The molecule has 0 saturated heterocycles. The molecule has 1 unspecified atom stereocenters. The predicted octanol–water partition coefficient (Wildman–Crippen LogP) is 5.13. The first-order chi connectivity index (χ1) is 14.8. The Hall–Kier alpha value is -3.19. The highest BCUT2D eigenvalue weighted by molar-refractivity contribution is 9.10. The number of carbonyl (C=O) groups excluding carboxylic acids is 2. The van der Waals surface area contributed by atoms with E-state index in [0.29, 0.717) is 22.4 Å². The summed E-state index contributed by atoms with van der Waals surface area (Å²) >= 11 is 3.46. The number of rotatable bonds is 5. The molecule has 3 aromatic carbocycles. The highest BCUT2D eigenvalue weighted by Gasteiger charge is 2.28. The van der Waals surface area contributed by atoms with Gasteiger partial charge >= 0.3 is 0 Å². The molecule has 0 bridgehead atoms. The number of ether oxygens (including phenoxy) is 2. The molecule has 1 atom stereocenters. The minimum Gasteiger partial charge on any atom is -0.492 e. The highest BCUT2D eigenvalue weighted by atomic mass is 79.9. The monoisotopic (exact) mass is 483 g/mol. The molecule has 0 spiro atoms. The van der Waals surface area contributed by atoms with E-state index in [4.69, 9.17) is 15.2 Å². The van der Waals surface area contributed by atoms with E-state index in [-0.39, 0.29) is 30.1 Å². The third kappa shape index (κ3) is 4.18. The summed E-state index contributed by atoms with van der Waals surface area (Å²) in [6.45, 7) is 1.92. The van der Waals surface area contributed by atoms with Crippen molar-refractivity contribution < 1.29 is 23.5 Å². The minimum atomic E-state index is -0.676. The van der Waals surface area contributed by atoms with Crippen molar-refractivity contribution in [2.75, 3.05) is 6.61 Å². The lowest BCUT2D eigenvalue weighted by molar-refractivity contribution is 0.0930. The molecule has 2 N–H and O–H groups in total. The van der Waals surface area contributed by atoms with Gasteiger partial charge in [-0.1, -0.05) is 40.2 Å². The lowest BCUT2D eigenvalue weighted by Crippen LogP contribution is -2.18. The Morgan fingerprint density at radius 1 is 1.16 bits per heavy atom. The molecule has 4 rings (SSSR count). The lowest BCUT2D eigenvalue weighted by Gasteiger charge is -2.25.